The van der Waals surface area contributed by atoms with E-state index < -0.39 is 24.1 Å². The van der Waals surface area contributed by atoms with Gasteiger partial charge in [-0.05, 0) is 24.3 Å². The molecule has 0 saturated carbocycles. The number of hydrogen-bond donors (Lipinski definition) is 0. The summed E-state index contributed by atoms with van der Waals surface area (Å²) >= 11 is 0. The van der Waals surface area contributed by atoms with Gasteiger partial charge in [-0.2, -0.15) is 13.2 Å². The predicted molar refractivity (Wildman–Crippen MR) is 72.8 cm³/mol. The second kappa shape index (κ2) is 6.30. The number of Topliss-reactive ketones (excluding diaryl/α,β-unsaturated/α-hetero) is 1. The normalized spacial score (nSPS) is 12.2. The van der Waals surface area contributed by atoms with Gasteiger partial charge in [0.05, 0.1) is 12.1 Å². The Kier molecular flexibility index (Phi) is 4.47. The minimum Gasteiger partial charge on any atom is -0.292 e. The van der Waals surface area contributed by atoms with E-state index in [1.165, 1.54) is 24.4 Å². The van der Waals surface area contributed by atoms with Crippen LogP contribution in [0, 0.1) is 0 Å². The Morgan fingerprint density at radius 3 is 2.29 bits per heavy atom. The van der Waals surface area contributed by atoms with Crippen molar-refractivity contribution in [3.63, 3.8) is 0 Å². The van der Waals surface area contributed by atoms with Gasteiger partial charge in [-0.15, -0.1) is 0 Å². The number of para-hydroxylation sites is 1. The van der Waals surface area contributed by atoms with Gasteiger partial charge in [0.1, 0.15) is 11.4 Å². The van der Waals surface area contributed by atoms with Crippen molar-refractivity contribution in [1.82, 2.24) is 4.98 Å². The fourth-order valence-electron chi connectivity index (χ4n) is 1.63. The van der Waals surface area contributed by atoms with Crippen molar-refractivity contribution in [2.75, 3.05) is 0 Å². The molecule has 0 aliphatic carbocycles. The van der Waals surface area contributed by atoms with Gasteiger partial charge in [-0.25, -0.2) is 4.99 Å². The second-order valence-corrected chi connectivity index (χ2v) is 4.21. The summed E-state index contributed by atoms with van der Waals surface area (Å²) in [5, 5.41) is 0. The van der Waals surface area contributed by atoms with Gasteiger partial charge in [0.15, 0.2) is 5.78 Å². The van der Waals surface area contributed by atoms with Crippen LogP contribution in [0.25, 0.3) is 0 Å². The summed E-state index contributed by atoms with van der Waals surface area (Å²) in [7, 11) is 0. The molecule has 3 nitrogen and oxygen atoms in total. The number of pyridine rings is 1. The number of carbonyl (C=O) groups excluding carboxylic acids is 1. The van der Waals surface area contributed by atoms with E-state index in [0.717, 1.165) is 0 Å². The average molecular weight is 292 g/mol. The fourth-order valence-corrected chi connectivity index (χ4v) is 1.63. The zero-order valence-corrected chi connectivity index (χ0v) is 10.8. The number of hydrogen-bond acceptors (Lipinski definition) is 3. The Morgan fingerprint density at radius 2 is 1.71 bits per heavy atom. The van der Waals surface area contributed by atoms with Crippen molar-refractivity contribution >= 4 is 17.2 Å². The number of nitrogens with zero attached hydrogens (tertiary/aromatic N) is 2. The van der Waals surface area contributed by atoms with Gasteiger partial charge in [0.25, 0.3) is 0 Å². The highest BCUT2D eigenvalue weighted by Gasteiger charge is 2.37. The molecule has 0 spiro atoms. The number of rotatable bonds is 4. The minimum absolute atomic E-state index is 0.0116. The van der Waals surface area contributed by atoms with Crippen LogP contribution in [0.5, 0.6) is 0 Å². The third kappa shape index (κ3) is 4.24. The Balaban J connectivity index is 2.27. The quantitative estimate of drug-likeness (QED) is 0.631. The molecule has 1 heterocycles. The number of aromatic nitrogens is 1. The third-order valence-corrected chi connectivity index (χ3v) is 2.63. The second-order valence-electron chi connectivity index (χ2n) is 4.21. The molecule has 108 valence electrons. The van der Waals surface area contributed by atoms with E-state index in [-0.39, 0.29) is 11.4 Å². The molecule has 0 aliphatic heterocycles. The van der Waals surface area contributed by atoms with E-state index in [0.29, 0.717) is 0 Å². The minimum atomic E-state index is -4.67. The first-order valence-corrected chi connectivity index (χ1v) is 6.11. The van der Waals surface area contributed by atoms with E-state index in [2.05, 4.69) is 9.98 Å². The highest BCUT2D eigenvalue weighted by Crippen LogP contribution is 2.24. The van der Waals surface area contributed by atoms with E-state index in [9.17, 15) is 18.0 Å². The number of alkyl halides is 3. The third-order valence-electron chi connectivity index (χ3n) is 2.63. The SMILES string of the molecule is O=C(CC(=Nc1ccccc1)C(F)(F)F)c1ccccn1. The van der Waals surface area contributed by atoms with Crippen LogP contribution >= 0.6 is 0 Å². The molecule has 21 heavy (non-hydrogen) atoms. The van der Waals surface area contributed by atoms with Gasteiger partial charge >= 0.3 is 6.18 Å². The smallest absolute Gasteiger partial charge is 0.292 e. The summed E-state index contributed by atoms with van der Waals surface area (Å²) in [6, 6.07) is 12.2. The van der Waals surface area contributed by atoms with E-state index in [4.69, 9.17) is 0 Å². The predicted octanol–water partition coefficient (Wildman–Crippen LogP) is 3.99. The maximum Gasteiger partial charge on any atom is 0.429 e. The lowest BCUT2D eigenvalue weighted by molar-refractivity contribution is -0.0601. The van der Waals surface area contributed by atoms with Crippen LogP contribution in [0.2, 0.25) is 0 Å². The van der Waals surface area contributed by atoms with Gasteiger partial charge in [-0.1, -0.05) is 24.3 Å². The van der Waals surface area contributed by atoms with Crippen LogP contribution in [0.4, 0.5) is 18.9 Å². The Hall–Kier alpha value is -2.50. The molecule has 0 N–H and O–H groups in total. The van der Waals surface area contributed by atoms with Gasteiger partial charge < -0.3 is 0 Å². The number of ketones is 1. The molecule has 2 aromatic rings. The molecule has 0 atom stereocenters. The lowest BCUT2D eigenvalue weighted by Crippen LogP contribution is -2.26. The van der Waals surface area contributed by atoms with Gasteiger partial charge in [-0.3, -0.25) is 9.78 Å². The van der Waals surface area contributed by atoms with Crippen LogP contribution in [0.3, 0.4) is 0 Å². The molecule has 6 heteroatoms. The first kappa shape index (κ1) is 14.9. The first-order chi connectivity index (χ1) is 9.97. The van der Waals surface area contributed by atoms with Crippen LogP contribution in [-0.2, 0) is 0 Å². The van der Waals surface area contributed by atoms with Crippen LogP contribution in [0.15, 0.2) is 59.7 Å². The van der Waals surface area contributed by atoms with Crippen molar-refractivity contribution in [3.05, 3.63) is 60.4 Å². The Labute approximate surface area is 119 Å². The van der Waals surface area contributed by atoms with Crippen LogP contribution in [0.1, 0.15) is 16.9 Å². The number of carbonyl (C=O) groups is 1. The Morgan fingerprint density at radius 1 is 1.05 bits per heavy atom. The summed E-state index contributed by atoms with van der Waals surface area (Å²) in [4.78, 5) is 19.1. The standard InChI is InChI=1S/C15H11F3N2O/c16-15(17,18)14(20-11-6-2-1-3-7-11)10-13(21)12-8-4-5-9-19-12/h1-9H,10H2. The first-order valence-electron chi connectivity index (χ1n) is 6.11. The van der Waals surface area contributed by atoms with Crippen molar-refractivity contribution in [2.45, 2.75) is 12.6 Å². The van der Waals surface area contributed by atoms with Gasteiger partial charge in [0, 0.05) is 6.20 Å². The lowest BCUT2D eigenvalue weighted by atomic mass is 10.1. The van der Waals surface area contributed by atoms with Crippen LogP contribution in [-0.4, -0.2) is 22.7 Å². The summed E-state index contributed by atoms with van der Waals surface area (Å²) in [6.07, 6.45) is -4.15. The molecule has 1 aromatic carbocycles. The zero-order valence-electron chi connectivity index (χ0n) is 10.8. The number of aliphatic imine (C=N–C) groups is 1. The molecule has 2 rings (SSSR count). The van der Waals surface area contributed by atoms with Crippen molar-refractivity contribution in [2.24, 2.45) is 4.99 Å². The largest absolute Gasteiger partial charge is 0.429 e. The Bertz CT molecular complexity index is 637. The molecule has 0 bridgehead atoms. The highest BCUT2D eigenvalue weighted by molar-refractivity contribution is 6.11. The summed E-state index contributed by atoms with van der Waals surface area (Å²) < 4.78 is 38.9. The zero-order chi connectivity index (χ0) is 15.3. The molecule has 0 saturated heterocycles. The maximum absolute atomic E-state index is 13.0. The van der Waals surface area contributed by atoms with E-state index in [1.54, 1.807) is 30.3 Å². The summed E-state index contributed by atoms with van der Waals surface area (Å²) in [5.41, 5.74) is -0.995. The molecule has 1 aromatic heterocycles. The van der Waals surface area contributed by atoms with E-state index >= 15 is 0 Å². The van der Waals surface area contributed by atoms with Gasteiger partial charge in [0.2, 0.25) is 0 Å². The monoisotopic (exact) mass is 292 g/mol. The maximum atomic E-state index is 13.0. The molecule has 0 unspecified atom stereocenters. The number of halogens is 3. The van der Waals surface area contributed by atoms with Crippen LogP contribution < -0.4 is 0 Å². The van der Waals surface area contributed by atoms with Crippen molar-refractivity contribution < 1.29 is 18.0 Å². The molecule has 0 fully saturated rings. The molecule has 0 amide bonds. The average Bonchev–Trinajstić information content (AvgIpc) is 2.47. The summed E-state index contributed by atoms with van der Waals surface area (Å²) in [6.45, 7) is 0. The highest BCUT2D eigenvalue weighted by atomic mass is 19.4. The molecule has 0 radical (unpaired) electrons. The fraction of sp³-hybridized carbons (Fsp3) is 0.133. The van der Waals surface area contributed by atoms with E-state index in [1.807, 2.05) is 0 Å². The topological polar surface area (TPSA) is 42.3 Å². The molecule has 0 aliphatic rings. The van der Waals surface area contributed by atoms with Crippen molar-refractivity contribution in [1.29, 1.82) is 0 Å². The summed E-state index contributed by atoms with van der Waals surface area (Å²) in [5.74, 6) is -0.720. The molecular formula is C15H11F3N2O. The van der Waals surface area contributed by atoms with Crippen molar-refractivity contribution in [3.8, 4) is 0 Å². The molecular weight excluding hydrogens is 281 g/mol. The lowest BCUT2D eigenvalue weighted by Gasteiger charge is -2.10. The number of benzene rings is 1.